The van der Waals surface area contributed by atoms with E-state index in [0.29, 0.717) is 27.5 Å². The molecule has 0 atom stereocenters. The molecule has 0 aliphatic heterocycles. The summed E-state index contributed by atoms with van der Waals surface area (Å²) in [5.41, 5.74) is 1.62. The van der Waals surface area contributed by atoms with E-state index >= 15 is 0 Å². The number of thiophene rings is 1. The first-order chi connectivity index (χ1) is 19.2. The van der Waals surface area contributed by atoms with Crippen molar-refractivity contribution in [1.29, 1.82) is 5.26 Å². The minimum absolute atomic E-state index is 0.116. The van der Waals surface area contributed by atoms with E-state index in [2.05, 4.69) is 0 Å². The lowest BCUT2D eigenvalue weighted by Gasteiger charge is -2.11. The number of esters is 2. The van der Waals surface area contributed by atoms with Crippen LogP contribution in [0.1, 0.15) is 55.4 Å². The van der Waals surface area contributed by atoms with Gasteiger partial charge in [-0.3, -0.25) is 4.79 Å². The molecular weight excluding hydrogens is 537 g/mol. The van der Waals surface area contributed by atoms with Crippen LogP contribution in [0.2, 0.25) is 0 Å². The molecule has 10 heteroatoms. The Morgan fingerprint density at radius 2 is 1.68 bits per heavy atom. The molecule has 3 rings (SSSR count). The van der Waals surface area contributed by atoms with Crippen molar-refractivity contribution >= 4 is 35.1 Å². The molecule has 0 saturated heterocycles. The van der Waals surface area contributed by atoms with Gasteiger partial charge in [0.2, 0.25) is 0 Å². The second-order valence-electron chi connectivity index (χ2n) is 8.39. The molecule has 0 saturated carbocycles. The number of hydrogen-bond donors (Lipinski definition) is 0. The van der Waals surface area contributed by atoms with Gasteiger partial charge in [-0.2, -0.15) is 5.26 Å². The van der Waals surface area contributed by atoms with Crippen molar-refractivity contribution in [2.45, 2.75) is 33.8 Å². The van der Waals surface area contributed by atoms with Crippen molar-refractivity contribution in [3.63, 3.8) is 0 Å². The van der Waals surface area contributed by atoms with Gasteiger partial charge in [0.05, 0.1) is 31.5 Å². The van der Waals surface area contributed by atoms with E-state index in [9.17, 15) is 24.0 Å². The predicted molar refractivity (Wildman–Crippen MR) is 147 cm³/mol. The summed E-state index contributed by atoms with van der Waals surface area (Å²) in [6, 6.07) is 12.7. The number of nitriles is 1. The maximum absolute atomic E-state index is 13.2. The lowest BCUT2D eigenvalue weighted by molar-refractivity contribution is -0.114. The van der Waals surface area contributed by atoms with Gasteiger partial charge in [-0.05, 0) is 67.8 Å². The summed E-state index contributed by atoms with van der Waals surface area (Å²) < 4.78 is 34.6. The minimum Gasteiger partial charge on any atom is -0.493 e. The van der Waals surface area contributed by atoms with Crippen molar-refractivity contribution in [3.05, 3.63) is 85.9 Å². The van der Waals surface area contributed by atoms with Crippen LogP contribution in [-0.4, -0.2) is 38.0 Å². The van der Waals surface area contributed by atoms with E-state index in [1.54, 1.807) is 51.1 Å². The van der Waals surface area contributed by atoms with E-state index in [-0.39, 0.29) is 48.1 Å². The molecule has 3 aromatic rings. The largest absolute Gasteiger partial charge is 0.493 e. The highest BCUT2D eigenvalue weighted by molar-refractivity contribution is 7.14. The number of carbonyl (C=O) groups excluding carboxylic acids is 3. The summed E-state index contributed by atoms with van der Waals surface area (Å²) in [5.74, 6) is -1.34. The Kier molecular flexibility index (Phi) is 10.6. The predicted octanol–water partition coefficient (Wildman–Crippen LogP) is 5.86. The summed E-state index contributed by atoms with van der Waals surface area (Å²) in [5, 5.41) is 9.74. The van der Waals surface area contributed by atoms with Crippen LogP contribution in [0.15, 0.2) is 48.0 Å². The average Bonchev–Trinajstić information content (AvgIpc) is 3.27. The van der Waals surface area contributed by atoms with Gasteiger partial charge in [0.1, 0.15) is 23.4 Å². The fourth-order valence-electron chi connectivity index (χ4n) is 3.78. The second-order valence-corrected chi connectivity index (χ2v) is 9.50. The van der Waals surface area contributed by atoms with Gasteiger partial charge in [0, 0.05) is 11.3 Å². The summed E-state index contributed by atoms with van der Waals surface area (Å²) >= 11 is 0.973. The summed E-state index contributed by atoms with van der Waals surface area (Å²) in [7, 11) is 1.46. The van der Waals surface area contributed by atoms with Crippen molar-refractivity contribution in [2.24, 2.45) is 0 Å². The van der Waals surface area contributed by atoms with Gasteiger partial charge in [-0.1, -0.05) is 18.2 Å². The monoisotopic (exact) mass is 565 g/mol. The molecule has 40 heavy (non-hydrogen) atoms. The van der Waals surface area contributed by atoms with Crippen LogP contribution in [-0.2, 0) is 27.3 Å². The number of allylic oxidation sites excluding steroid dienone is 1. The Morgan fingerprint density at radius 3 is 2.30 bits per heavy atom. The number of ether oxygens (including phenoxy) is 4. The van der Waals surface area contributed by atoms with E-state index < -0.39 is 17.7 Å². The third-order valence-electron chi connectivity index (χ3n) is 5.71. The van der Waals surface area contributed by atoms with Crippen LogP contribution in [0.5, 0.6) is 11.5 Å². The summed E-state index contributed by atoms with van der Waals surface area (Å²) in [4.78, 5) is 38.7. The Morgan fingerprint density at radius 1 is 1.00 bits per heavy atom. The standard InChI is InChI=1S/C30H28FNO7S/c1-5-37-29(34)27-18(3)28(30(35)38-6-2)40-26(27)15-23(33)21(16-32)13-20-9-12-24(25(14-20)36-4)39-17-19-7-10-22(31)11-8-19/h7-14H,5-6,15,17H2,1-4H3/b21-13+. The summed E-state index contributed by atoms with van der Waals surface area (Å²) in [6.45, 7) is 5.37. The zero-order valence-corrected chi connectivity index (χ0v) is 23.4. The normalized spacial score (nSPS) is 10.9. The smallest absolute Gasteiger partial charge is 0.348 e. The molecule has 1 heterocycles. The molecule has 2 aromatic carbocycles. The number of rotatable bonds is 12. The Hall–Kier alpha value is -4.49. The van der Waals surface area contributed by atoms with Gasteiger partial charge in [0.25, 0.3) is 0 Å². The number of hydrogen-bond acceptors (Lipinski definition) is 9. The second kappa shape index (κ2) is 14.1. The van der Waals surface area contributed by atoms with Crippen LogP contribution < -0.4 is 9.47 Å². The van der Waals surface area contributed by atoms with Gasteiger partial charge >= 0.3 is 11.9 Å². The number of Topliss-reactive ketones (excluding diaryl/α,β-unsaturated/α-hetero) is 1. The van der Waals surface area contributed by atoms with E-state index in [1.165, 1.54) is 25.3 Å². The molecule has 1 aromatic heterocycles. The first-order valence-corrected chi connectivity index (χ1v) is 13.2. The highest BCUT2D eigenvalue weighted by atomic mass is 32.1. The molecule has 0 N–H and O–H groups in total. The molecule has 0 unspecified atom stereocenters. The van der Waals surface area contributed by atoms with Crippen LogP contribution in [0.3, 0.4) is 0 Å². The molecule has 208 valence electrons. The lowest BCUT2D eigenvalue weighted by Crippen LogP contribution is -2.12. The zero-order valence-electron chi connectivity index (χ0n) is 22.5. The van der Waals surface area contributed by atoms with Crippen molar-refractivity contribution in [2.75, 3.05) is 20.3 Å². The van der Waals surface area contributed by atoms with Crippen LogP contribution in [0.25, 0.3) is 6.08 Å². The maximum atomic E-state index is 13.2. The average molecular weight is 566 g/mol. The highest BCUT2D eigenvalue weighted by Gasteiger charge is 2.28. The third kappa shape index (κ3) is 7.33. The van der Waals surface area contributed by atoms with Gasteiger partial charge in [0.15, 0.2) is 17.3 Å². The van der Waals surface area contributed by atoms with E-state index in [1.807, 2.05) is 6.07 Å². The molecule has 0 aliphatic rings. The quantitative estimate of drug-likeness (QED) is 0.153. The number of carbonyl (C=O) groups is 3. The van der Waals surface area contributed by atoms with Crippen LogP contribution >= 0.6 is 11.3 Å². The molecule has 0 radical (unpaired) electrons. The number of halogens is 1. The molecule has 0 spiro atoms. The summed E-state index contributed by atoms with van der Waals surface area (Å²) in [6.07, 6.45) is 1.12. The zero-order chi connectivity index (χ0) is 29.2. The van der Waals surface area contributed by atoms with E-state index in [0.717, 1.165) is 16.9 Å². The molecule has 8 nitrogen and oxygen atoms in total. The van der Waals surface area contributed by atoms with Gasteiger partial charge < -0.3 is 18.9 Å². The lowest BCUT2D eigenvalue weighted by atomic mass is 10.0. The molecule has 0 amide bonds. The topological polar surface area (TPSA) is 112 Å². The first-order valence-electron chi connectivity index (χ1n) is 12.4. The Balaban J connectivity index is 1.85. The molecule has 0 bridgehead atoms. The fourth-order valence-corrected chi connectivity index (χ4v) is 4.96. The molecule has 0 aliphatic carbocycles. The fraction of sp³-hybridized carbons (Fsp3) is 0.267. The maximum Gasteiger partial charge on any atom is 0.348 e. The number of methoxy groups -OCH3 is 1. The van der Waals surface area contributed by atoms with E-state index in [4.69, 9.17) is 18.9 Å². The van der Waals surface area contributed by atoms with Gasteiger partial charge in [-0.25, -0.2) is 14.0 Å². The van der Waals surface area contributed by atoms with Crippen molar-refractivity contribution in [3.8, 4) is 17.6 Å². The van der Waals surface area contributed by atoms with Crippen molar-refractivity contribution in [1.82, 2.24) is 0 Å². The van der Waals surface area contributed by atoms with Crippen LogP contribution in [0.4, 0.5) is 4.39 Å². The first kappa shape index (κ1) is 30.1. The number of ketones is 1. The van der Waals surface area contributed by atoms with Crippen molar-refractivity contribution < 1.29 is 37.7 Å². The molecular formula is C30H28FNO7S. The highest BCUT2D eigenvalue weighted by Crippen LogP contribution is 2.32. The van der Waals surface area contributed by atoms with Crippen LogP contribution in [0, 0.1) is 24.1 Å². The number of nitrogens with zero attached hydrogens (tertiary/aromatic N) is 1. The number of benzene rings is 2. The Labute approximate surface area is 235 Å². The van der Waals surface area contributed by atoms with Gasteiger partial charge in [-0.15, -0.1) is 11.3 Å². The SMILES string of the molecule is CCOC(=O)c1sc(CC(=O)/C(C#N)=C/c2ccc(OCc3ccc(F)cc3)c(OC)c2)c(C(=O)OCC)c1C. The molecule has 0 fully saturated rings. The minimum atomic E-state index is -0.655. The third-order valence-corrected chi connectivity index (χ3v) is 6.98. The Bertz CT molecular complexity index is 1470.